The van der Waals surface area contributed by atoms with Gasteiger partial charge in [-0.3, -0.25) is 0 Å². The Labute approximate surface area is 140 Å². The van der Waals surface area contributed by atoms with Gasteiger partial charge in [0, 0.05) is 0 Å². The molecule has 0 aliphatic carbocycles. The monoisotopic (exact) mass is 317 g/mol. The predicted molar refractivity (Wildman–Crippen MR) is 92.0 cm³/mol. The Kier molecular flexibility index (Phi) is 4.58. The third kappa shape index (κ3) is 3.61. The zero-order valence-electron chi connectivity index (χ0n) is 13.2. The summed E-state index contributed by atoms with van der Waals surface area (Å²) in [5.41, 5.74) is 3.67. The van der Waals surface area contributed by atoms with E-state index in [1.54, 1.807) is 24.3 Å². The number of halogens is 1. The molecule has 0 aliphatic heterocycles. The lowest BCUT2D eigenvalue weighted by atomic mass is 10.0. The quantitative estimate of drug-likeness (QED) is 0.636. The summed E-state index contributed by atoms with van der Waals surface area (Å²) in [4.78, 5) is 0. The average Bonchev–Trinajstić information content (AvgIpc) is 2.63. The molecule has 3 aromatic rings. The van der Waals surface area contributed by atoms with Crippen LogP contribution in [0.1, 0.15) is 24.2 Å². The largest absolute Gasteiger partial charge is 0.486 e. The van der Waals surface area contributed by atoms with Crippen LogP contribution in [-0.2, 0) is 0 Å². The molecule has 0 unspecified atom stereocenters. The first-order valence-electron chi connectivity index (χ1n) is 7.68. The van der Waals surface area contributed by atoms with E-state index in [0.717, 1.165) is 22.4 Å². The van der Waals surface area contributed by atoms with E-state index in [2.05, 4.69) is 6.07 Å². The van der Waals surface area contributed by atoms with Crippen molar-refractivity contribution < 1.29 is 9.13 Å². The van der Waals surface area contributed by atoms with E-state index in [9.17, 15) is 4.39 Å². The lowest BCUT2D eigenvalue weighted by molar-refractivity contribution is 0.227. The number of benzene rings is 3. The molecule has 0 amide bonds. The van der Waals surface area contributed by atoms with Crippen molar-refractivity contribution in [3.63, 3.8) is 0 Å². The smallest absolute Gasteiger partial charge is 0.123 e. The highest BCUT2D eigenvalue weighted by atomic mass is 19.1. The molecule has 0 heterocycles. The van der Waals surface area contributed by atoms with E-state index in [-0.39, 0.29) is 11.9 Å². The minimum atomic E-state index is -0.252. The number of hydrogen-bond donors (Lipinski definition) is 0. The van der Waals surface area contributed by atoms with E-state index in [1.165, 1.54) is 12.1 Å². The van der Waals surface area contributed by atoms with Gasteiger partial charge in [-0.1, -0.05) is 36.4 Å². The lowest BCUT2D eigenvalue weighted by Gasteiger charge is -2.15. The highest BCUT2D eigenvalue weighted by molar-refractivity contribution is 5.64. The molecule has 0 saturated carbocycles. The molecule has 118 valence electrons. The molecule has 3 heteroatoms. The molecule has 0 fully saturated rings. The minimum Gasteiger partial charge on any atom is -0.486 e. The van der Waals surface area contributed by atoms with Crippen LogP contribution < -0.4 is 4.74 Å². The molecular weight excluding hydrogens is 301 g/mol. The van der Waals surface area contributed by atoms with Gasteiger partial charge in [0.2, 0.25) is 0 Å². The topological polar surface area (TPSA) is 33.0 Å². The van der Waals surface area contributed by atoms with Crippen molar-refractivity contribution in [2.24, 2.45) is 0 Å². The summed E-state index contributed by atoms with van der Waals surface area (Å²) >= 11 is 0. The van der Waals surface area contributed by atoms with Crippen molar-refractivity contribution >= 4 is 0 Å². The molecule has 2 nitrogen and oxygen atoms in total. The maximum atomic E-state index is 13.0. The minimum absolute atomic E-state index is 0.161. The zero-order valence-corrected chi connectivity index (χ0v) is 13.2. The van der Waals surface area contributed by atoms with Crippen molar-refractivity contribution in [2.45, 2.75) is 13.0 Å². The number of hydrogen-bond acceptors (Lipinski definition) is 2. The highest BCUT2D eigenvalue weighted by Gasteiger charge is 2.08. The molecule has 0 aliphatic rings. The standard InChI is InChI=1S/C21H16FNO/c1-15(17-6-10-20(22)11-7-17)24-21-12-8-19(9-13-21)18-4-2-16(14-23)3-5-18/h2-13,15H,1H3/t15-/m0/s1. The summed E-state index contributed by atoms with van der Waals surface area (Å²) in [6.45, 7) is 1.93. The van der Waals surface area contributed by atoms with Gasteiger partial charge in [-0.05, 0) is 60.0 Å². The summed E-state index contributed by atoms with van der Waals surface area (Å²) in [6.07, 6.45) is -0.161. The molecule has 3 aromatic carbocycles. The van der Waals surface area contributed by atoms with E-state index in [0.29, 0.717) is 5.56 Å². The third-order valence-electron chi connectivity index (χ3n) is 3.85. The molecule has 0 aromatic heterocycles. The predicted octanol–water partition coefficient (Wildman–Crippen LogP) is 5.50. The van der Waals surface area contributed by atoms with Gasteiger partial charge in [-0.25, -0.2) is 4.39 Å². The van der Waals surface area contributed by atoms with Crippen LogP contribution in [0.5, 0.6) is 5.75 Å². The molecule has 0 radical (unpaired) electrons. The second kappa shape index (κ2) is 6.97. The summed E-state index contributed by atoms with van der Waals surface area (Å²) in [5, 5.41) is 8.84. The van der Waals surface area contributed by atoms with E-state index < -0.39 is 0 Å². The second-order valence-corrected chi connectivity index (χ2v) is 5.53. The van der Waals surface area contributed by atoms with Crippen molar-refractivity contribution in [1.82, 2.24) is 0 Å². The van der Waals surface area contributed by atoms with Crippen molar-refractivity contribution in [2.75, 3.05) is 0 Å². The average molecular weight is 317 g/mol. The summed E-state index contributed by atoms with van der Waals surface area (Å²) in [5.74, 6) is 0.502. The van der Waals surface area contributed by atoms with Crippen LogP contribution in [0.3, 0.4) is 0 Å². The molecule has 24 heavy (non-hydrogen) atoms. The lowest BCUT2D eigenvalue weighted by Crippen LogP contribution is -2.02. The molecule has 0 saturated heterocycles. The first kappa shape index (κ1) is 15.8. The van der Waals surface area contributed by atoms with E-state index in [1.807, 2.05) is 43.3 Å². The van der Waals surface area contributed by atoms with Gasteiger partial charge in [-0.2, -0.15) is 5.26 Å². The molecule has 3 rings (SSSR count). The van der Waals surface area contributed by atoms with Crippen LogP contribution >= 0.6 is 0 Å². The van der Waals surface area contributed by atoms with Crippen LogP contribution in [0.4, 0.5) is 4.39 Å². The molecule has 1 atom stereocenters. The fourth-order valence-electron chi connectivity index (χ4n) is 2.47. The zero-order chi connectivity index (χ0) is 16.9. The Balaban J connectivity index is 1.72. The normalized spacial score (nSPS) is 11.5. The Morgan fingerprint density at radius 1 is 0.833 bits per heavy atom. The van der Waals surface area contributed by atoms with Crippen molar-refractivity contribution in [1.29, 1.82) is 5.26 Å². The fourth-order valence-corrected chi connectivity index (χ4v) is 2.47. The van der Waals surface area contributed by atoms with Gasteiger partial charge in [0.05, 0.1) is 11.6 Å². The van der Waals surface area contributed by atoms with E-state index in [4.69, 9.17) is 10.00 Å². The van der Waals surface area contributed by atoms with Crippen LogP contribution in [0.15, 0.2) is 72.8 Å². The summed E-state index contributed by atoms with van der Waals surface area (Å²) < 4.78 is 18.9. The fraction of sp³-hybridized carbons (Fsp3) is 0.0952. The Morgan fingerprint density at radius 3 is 1.92 bits per heavy atom. The molecule has 0 N–H and O–H groups in total. The second-order valence-electron chi connectivity index (χ2n) is 5.53. The first-order valence-corrected chi connectivity index (χ1v) is 7.68. The SMILES string of the molecule is C[C@H](Oc1ccc(-c2ccc(C#N)cc2)cc1)c1ccc(F)cc1. The van der Waals surface area contributed by atoms with Gasteiger partial charge in [0.15, 0.2) is 0 Å². The maximum absolute atomic E-state index is 13.0. The van der Waals surface area contributed by atoms with Crippen LogP contribution in [0.2, 0.25) is 0 Å². The van der Waals surface area contributed by atoms with Crippen molar-refractivity contribution in [3.05, 3.63) is 89.7 Å². The number of rotatable bonds is 4. The third-order valence-corrected chi connectivity index (χ3v) is 3.85. The number of nitrogens with zero attached hydrogens (tertiary/aromatic N) is 1. The highest BCUT2D eigenvalue weighted by Crippen LogP contribution is 2.26. The number of ether oxygens (including phenoxy) is 1. The van der Waals surface area contributed by atoms with Gasteiger partial charge >= 0.3 is 0 Å². The summed E-state index contributed by atoms with van der Waals surface area (Å²) in [7, 11) is 0. The van der Waals surface area contributed by atoms with Gasteiger partial charge in [0.25, 0.3) is 0 Å². The maximum Gasteiger partial charge on any atom is 0.123 e. The van der Waals surface area contributed by atoms with Crippen molar-refractivity contribution in [3.8, 4) is 22.9 Å². The Morgan fingerprint density at radius 2 is 1.38 bits per heavy atom. The summed E-state index contributed by atoms with van der Waals surface area (Å²) in [6, 6.07) is 23.7. The Hall–Kier alpha value is -3.12. The molecule has 0 spiro atoms. The van der Waals surface area contributed by atoms with Gasteiger partial charge in [0.1, 0.15) is 17.7 Å². The first-order chi connectivity index (χ1) is 11.7. The molecular formula is C21H16FNO. The van der Waals surface area contributed by atoms with Crippen LogP contribution in [-0.4, -0.2) is 0 Å². The van der Waals surface area contributed by atoms with Gasteiger partial charge < -0.3 is 4.74 Å². The van der Waals surface area contributed by atoms with Crippen LogP contribution in [0.25, 0.3) is 11.1 Å². The number of nitriles is 1. The molecule has 0 bridgehead atoms. The van der Waals surface area contributed by atoms with Gasteiger partial charge in [-0.15, -0.1) is 0 Å². The van der Waals surface area contributed by atoms with E-state index >= 15 is 0 Å². The van der Waals surface area contributed by atoms with Crippen LogP contribution in [0, 0.1) is 17.1 Å². The Bertz CT molecular complexity index is 846.